The summed E-state index contributed by atoms with van der Waals surface area (Å²) in [6.45, 7) is 6.40. The molecular formula is C21H25N3O2S. The second-order valence-corrected chi connectivity index (χ2v) is 7.59. The molecule has 1 aromatic heterocycles. The minimum absolute atomic E-state index is 0.0466. The zero-order valence-electron chi connectivity index (χ0n) is 16.1. The van der Waals surface area contributed by atoms with E-state index in [1.165, 1.54) is 5.57 Å². The zero-order chi connectivity index (χ0) is 19.6. The van der Waals surface area contributed by atoms with Crippen LogP contribution in [-0.4, -0.2) is 36.9 Å². The largest absolute Gasteiger partial charge is 0.395 e. The van der Waals surface area contributed by atoms with Crippen molar-refractivity contribution in [2.24, 2.45) is 4.99 Å². The first-order chi connectivity index (χ1) is 13.0. The maximum absolute atomic E-state index is 13.1. The fourth-order valence-electron chi connectivity index (χ4n) is 3.71. The number of aliphatic imine (C=N–C) groups is 1. The van der Waals surface area contributed by atoms with Crippen molar-refractivity contribution in [3.63, 3.8) is 0 Å². The average Bonchev–Trinajstić information content (AvgIpc) is 3.26. The summed E-state index contributed by atoms with van der Waals surface area (Å²) >= 11 is 1.55. The first-order valence-electron chi connectivity index (χ1n) is 8.91. The number of amides is 1. The Morgan fingerprint density at radius 3 is 2.67 bits per heavy atom. The number of hydrogen-bond donors (Lipinski definition) is 3. The number of nitrogens with zero attached hydrogens (tertiary/aromatic N) is 1. The Bertz CT molecular complexity index is 912. The summed E-state index contributed by atoms with van der Waals surface area (Å²) < 4.78 is 0. The van der Waals surface area contributed by atoms with Crippen molar-refractivity contribution < 1.29 is 9.90 Å². The molecule has 0 saturated heterocycles. The minimum atomic E-state index is -1.00. The zero-order valence-corrected chi connectivity index (χ0v) is 16.9. The Kier molecular flexibility index (Phi) is 5.60. The van der Waals surface area contributed by atoms with Gasteiger partial charge < -0.3 is 10.4 Å². The molecule has 1 aliphatic rings. The van der Waals surface area contributed by atoms with Crippen LogP contribution >= 0.6 is 11.3 Å². The van der Waals surface area contributed by atoms with Gasteiger partial charge in [0.15, 0.2) is 5.54 Å². The number of carbonyl (C=O) groups is 1. The summed E-state index contributed by atoms with van der Waals surface area (Å²) in [6.07, 6.45) is 0. The molecule has 0 bridgehead atoms. The molecule has 1 aromatic carbocycles. The molecule has 0 spiro atoms. The maximum Gasteiger partial charge on any atom is 0.254 e. The van der Waals surface area contributed by atoms with Gasteiger partial charge in [-0.15, -0.1) is 0 Å². The van der Waals surface area contributed by atoms with Crippen LogP contribution in [0.3, 0.4) is 0 Å². The summed E-state index contributed by atoms with van der Waals surface area (Å²) in [5.74, 6) is -0.124. The predicted molar refractivity (Wildman–Crippen MR) is 113 cm³/mol. The standard InChI is InChI=1S/C21H25N3O2S/c1-13(2)19(14(3)22-4)15-5-6-18-17(11-15)21(20(26)24-18,23-8-9-25)16-7-10-27-12-16/h5-7,10-12,23,25H,8-9H2,1-4H3,(H,24,26). The number of thiophene rings is 1. The SMILES string of the molecule is CN=C(C)C(=C(C)C)c1ccc2c(c1)C(NCCO)(c1ccsc1)C(=O)N2. The van der Waals surface area contributed by atoms with Gasteiger partial charge in [-0.1, -0.05) is 11.6 Å². The number of carbonyl (C=O) groups excluding carboxylic acids is 1. The lowest BCUT2D eigenvalue weighted by atomic mass is 9.83. The third-order valence-electron chi connectivity index (χ3n) is 4.95. The fourth-order valence-corrected chi connectivity index (χ4v) is 4.42. The molecule has 1 atom stereocenters. The number of anilines is 1. The van der Waals surface area contributed by atoms with Gasteiger partial charge in [-0.2, -0.15) is 11.3 Å². The second-order valence-electron chi connectivity index (χ2n) is 6.81. The summed E-state index contributed by atoms with van der Waals surface area (Å²) in [4.78, 5) is 17.4. The van der Waals surface area contributed by atoms with E-state index in [1.807, 2.05) is 35.9 Å². The fraction of sp³-hybridized carbons (Fsp3) is 0.333. The van der Waals surface area contributed by atoms with E-state index < -0.39 is 5.54 Å². The summed E-state index contributed by atoms with van der Waals surface area (Å²) in [5.41, 5.74) is 5.78. The number of allylic oxidation sites excluding steroid dienone is 2. The van der Waals surface area contributed by atoms with E-state index in [2.05, 4.69) is 35.5 Å². The van der Waals surface area contributed by atoms with Gasteiger partial charge in [-0.25, -0.2) is 0 Å². The Morgan fingerprint density at radius 2 is 2.07 bits per heavy atom. The van der Waals surface area contributed by atoms with Crippen molar-refractivity contribution in [2.75, 3.05) is 25.5 Å². The molecule has 0 aliphatic carbocycles. The van der Waals surface area contributed by atoms with E-state index in [0.717, 1.165) is 33.7 Å². The van der Waals surface area contributed by atoms with Crippen LogP contribution in [-0.2, 0) is 10.3 Å². The first kappa shape index (κ1) is 19.5. The monoisotopic (exact) mass is 383 g/mol. The Hall–Kier alpha value is -2.28. The van der Waals surface area contributed by atoms with Crippen LogP contribution in [0.4, 0.5) is 5.69 Å². The molecule has 1 amide bonds. The van der Waals surface area contributed by atoms with Gasteiger partial charge in [0.05, 0.1) is 6.61 Å². The molecule has 0 fully saturated rings. The Labute approximate surface area is 163 Å². The molecule has 6 heteroatoms. The summed E-state index contributed by atoms with van der Waals surface area (Å²) in [6, 6.07) is 7.98. The Balaban J connectivity index is 2.23. The molecule has 0 radical (unpaired) electrons. The minimum Gasteiger partial charge on any atom is -0.395 e. The summed E-state index contributed by atoms with van der Waals surface area (Å²) in [7, 11) is 1.79. The van der Waals surface area contributed by atoms with Gasteiger partial charge >= 0.3 is 0 Å². The third kappa shape index (κ3) is 3.25. The predicted octanol–water partition coefficient (Wildman–Crippen LogP) is 3.41. The van der Waals surface area contributed by atoms with Gasteiger partial charge in [0.1, 0.15) is 0 Å². The van der Waals surface area contributed by atoms with Crippen LogP contribution in [0.25, 0.3) is 5.57 Å². The van der Waals surface area contributed by atoms with Crippen molar-refractivity contribution in [2.45, 2.75) is 26.3 Å². The van der Waals surface area contributed by atoms with Gasteiger partial charge in [0, 0.05) is 36.1 Å². The highest BCUT2D eigenvalue weighted by atomic mass is 32.1. The number of fused-ring (bicyclic) bond motifs is 1. The van der Waals surface area contributed by atoms with Gasteiger partial charge in [-0.05, 0) is 60.9 Å². The van der Waals surface area contributed by atoms with Gasteiger partial charge in [-0.3, -0.25) is 15.1 Å². The van der Waals surface area contributed by atoms with Crippen molar-refractivity contribution >= 4 is 34.2 Å². The number of aliphatic hydroxyl groups excluding tert-OH is 1. The molecule has 2 aromatic rings. The Morgan fingerprint density at radius 1 is 1.30 bits per heavy atom. The molecule has 3 N–H and O–H groups in total. The average molecular weight is 384 g/mol. The molecule has 2 heterocycles. The molecule has 1 aliphatic heterocycles. The third-order valence-corrected chi connectivity index (χ3v) is 5.64. The van der Waals surface area contributed by atoms with E-state index in [4.69, 9.17) is 0 Å². The van der Waals surface area contributed by atoms with Crippen molar-refractivity contribution in [1.82, 2.24) is 5.32 Å². The van der Waals surface area contributed by atoms with Crippen molar-refractivity contribution in [3.05, 3.63) is 57.3 Å². The first-order valence-corrected chi connectivity index (χ1v) is 9.86. The van der Waals surface area contributed by atoms with E-state index >= 15 is 0 Å². The van der Waals surface area contributed by atoms with Crippen LogP contribution in [0.2, 0.25) is 0 Å². The van der Waals surface area contributed by atoms with Gasteiger partial charge in [0.25, 0.3) is 5.91 Å². The van der Waals surface area contributed by atoms with Crippen LogP contribution in [0.1, 0.15) is 37.5 Å². The quantitative estimate of drug-likeness (QED) is 0.669. The van der Waals surface area contributed by atoms with E-state index in [-0.39, 0.29) is 12.5 Å². The van der Waals surface area contributed by atoms with Crippen LogP contribution in [0.5, 0.6) is 0 Å². The maximum atomic E-state index is 13.1. The van der Waals surface area contributed by atoms with E-state index in [9.17, 15) is 9.90 Å². The lowest BCUT2D eigenvalue weighted by molar-refractivity contribution is -0.120. The summed E-state index contributed by atoms with van der Waals surface area (Å²) in [5, 5.41) is 19.6. The number of rotatable bonds is 6. The highest BCUT2D eigenvalue weighted by Crippen LogP contribution is 2.43. The van der Waals surface area contributed by atoms with Gasteiger partial charge in [0.2, 0.25) is 0 Å². The van der Waals surface area contributed by atoms with Crippen LogP contribution in [0.15, 0.2) is 45.6 Å². The molecule has 3 rings (SSSR count). The van der Waals surface area contributed by atoms with Crippen LogP contribution < -0.4 is 10.6 Å². The number of aliphatic hydroxyl groups is 1. The van der Waals surface area contributed by atoms with Crippen LogP contribution in [0, 0.1) is 0 Å². The highest BCUT2D eigenvalue weighted by molar-refractivity contribution is 7.08. The number of nitrogens with one attached hydrogen (secondary N) is 2. The molecule has 142 valence electrons. The molecule has 27 heavy (non-hydrogen) atoms. The molecule has 5 nitrogen and oxygen atoms in total. The van der Waals surface area contributed by atoms with E-state index in [0.29, 0.717) is 6.54 Å². The molecular weight excluding hydrogens is 358 g/mol. The number of benzene rings is 1. The lowest BCUT2D eigenvalue weighted by Crippen LogP contribution is -2.49. The smallest absolute Gasteiger partial charge is 0.254 e. The van der Waals surface area contributed by atoms with E-state index in [1.54, 1.807) is 18.4 Å². The molecule has 0 saturated carbocycles. The molecule has 1 unspecified atom stereocenters. The normalized spacial score (nSPS) is 19.0. The van der Waals surface area contributed by atoms with Crippen molar-refractivity contribution in [1.29, 1.82) is 0 Å². The highest BCUT2D eigenvalue weighted by Gasteiger charge is 2.48. The second kappa shape index (κ2) is 7.76. The van der Waals surface area contributed by atoms with Crippen molar-refractivity contribution in [3.8, 4) is 0 Å². The lowest BCUT2D eigenvalue weighted by Gasteiger charge is -2.28. The number of hydrogen-bond acceptors (Lipinski definition) is 5. The topological polar surface area (TPSA) is 73.7 Å².